The summed E-state index contributed by atoms with van der Waals surface area (Å²) in [5.74, 6) is 1.91. The number of hydrogen-bond acceptors (Lipinski definition) is 3. The molecule has 2 atom stereocenters. The summed E-state index contributed by atoms with van der Waals surface area (Å²) < 4.78 is 0. The number of aliphatic hydroxyl groups is 1. The number of nitrogens with one attached hydrogen (secondary N) is 1. The van der Waals surface area contributed by atoms with E-state index < -0.39 is 0 Å². The average molecular weight is 231 g/mol. The molecular weight excluding hydrogens is 206 g/mol. The monoisotopic (exact) mass is 231 g/mol. The van der Waals surface area contributed by atoms with Gasteiger partial charge >= 0.3 is 0 Å². The fourth-order valence-corrected chi connectivity index (χ4v) is 2.58. The van der Waals surface area contributed by atoms with Crippen LogP contribution >= 0.6 is 11.8 Å². The molecule has 0 radical (unpaired) electrons. The van der Waals surface area contributed by atoms with Crippen LogP contribution in [0.2, 0.25) is 0 Å². The molecule has 2 unspecified atom stereocenters. The molecule has 2 nitrogen and oxygen atoms in total. The number of hydrogen-bond donors (Lipinski definition) is 2. The quantitative estimate of drug-likeness (QED) is 0.672. The second kappa shape index (κ2) is 6.77. The standard InChI is InChI=1S/C12H25NOS/c1-9(2)10(3)15-7-6-12(8-14)13-11-4-5-11/h9-14H,4-8H2,1-3H3. The zero-order valence-corrected chi connectivity index (χ0v) is 11.0. The third-order valence-electron chi connectivity index (χ3n) is 3.06. The molecule has 0 heterocycles. The molecule has 0 bridgehead atoms. The molecule has 90 valence electrons. The summed E-state index contributed by atoms with van der Waals surface area (Å²) in [6.07, 6.45) is 3.69. The van der Waals surface area contributed by atoms with Crippen LogP contribution in [0.25, 0.3) is 0 Å². The van der Waals surface area contributed by atoms with Gasteiger partial charge in [0.05, 0.1) is 6.61 Å². The molecule has 1 fully saturated rings. The molecule has 0 spiro atoms. The molecular formula is C12H25NOS. The van der Waals surface area contributed by atoms with Crippen LogP contribution < -0.4 is 5.32 Å². The van der Waals surface area contributed by atoms with Crippen molar-refractivity contribution >= 4 is 11.8 Å². The first-order valence-electron chi connectivity index (χ1n) is 6.12. The molecule has 0 amide bonds. The molecule has 1 aliphatic rings. The van der Waals surface area contributed by atoms with Crippen LogP contribution in [0.3, 0.4) is 0 Å². The molecule has 15 heavy (non-hydrogen) atoms. The van der Waals surface area contributed by atoms with Crippen LogP contribution in [0.1, 0.15) is 40.0 Å². The van der Waals surface area contributed by atoms with Crippen molar-refractivity contribution in [3.63, 3.8) is 0 Å². The van der Waals surface area contributed by atoms with Crippen molar-refractivity contribution in [2.24, 2.45) is 5.92 Å². The van der Waals surface area contributed by atoms with E-state index in [0.29, 0.717) is 12.1 Å². The zero-order chi connectivity index (χ0) is 11.3. The maximum atomic E-state index is 9.21. The van der Waals surface area contributed by atoms with E-state index in [4.69, 9.17) is 0 Å². The third-order valence-corrected chi connectivity index (χ3v) is 4.60. The lowest BCUT2D eigenvalue weighted by Crippen LogP contribution is -2.34. The maximum Gasteiger partial charge on any atom is 0.0585 e. The molecule has 1 rings (SSSR count). The first kappa shape index (κ1) is 13.3. The van der Waals surface area contributed by atoms with Gasteiger partial charge in [0.1, 0.15) is 0 Å². The van der Waals surface area contributed by atoms with Crippen LogP contribution in [-0.4, -0.2) is 34.8 Å². The molecule has 0 aromatic heterocycles. The van der Waals surface area contributed by atoms with Gasteiger partial charge in [-0.2, -0.15) is 11.8 Å². The van der Waals surface area contributed by atoms with E-state index in [2.05, 4.69) is 26.1 Å². The Bertz CT molecular complexity index is 171. The lowest BCUT2D eigenvalue weighted by molar-refractivity contribution is 0.238. The van der Waals surface area contributed by atoms with Gasteiger partial charge in [-0.3, -0.25) is 0 Å². The first-order chi connectivity index (χ1) is 7.13. The third kappa shape index (κ3) is 5.79. The van der Waals surface area contributed by atoms with Gasteiger partial charge in [-0.15, -0.1) is 0 Å². The number of aliphatic hydroxyl groups excluding tert-OH is 1. The summed E-state index contributed by atoms with van der Waals surface area (Å²) >= 11 is 2.02. The smallest absolute Gasteiger partial charge is 0.0585 e. The van der Waals surface area contributed by atoms with Gasteiger partial charge in [-0.25, -0.2) is 0 Å². The van der Waals surface area contributed by atoms with E-state index in [0.717, 1.165) is 23.3 Å². The minimum absolute atomic E-state index is 0.285. The molecule has 3 heteroatoms. The molecule has 0 aromatic carbocycles. The Hall–Kier alpha value is 0.270. The Balaban J connectivity index is 2.05. The molecule has 0 aromatic rings. The summed E-state index contributed by atoms with van der Waals surface area (Å²) in [4.78, 5) is 0. The molecule has 0 saturated heterocycles. The minimum atomic E-state index is 0.285. The Labute approximate surface area is 98.2 Å². The van der Waals surface area contributed by atoms with E-state index in [1.165, 1.54) is 12.8 Å². The van der Waals surface area contributed by atoms with Gasteiger partial charge < -0.3 is 10.4 Å². The SMILES string of the molecule is CC(C)C(C)SCCC(CO)NC1CC1. The average Bonchev–Trinajstić information content (AvgIpc) is 2.99. The van der Waals surface area contributed by atoms with Crippen molar-refractivity contribution in [2.45, 2.75) is 57.4 Å². The van der Waals surface area contributed by atoms with Crippen molar-refractivity contribution in [3.05, 3.63) is 0 Å². The van der Waals surface area contributed by atoms with Crippen molar-refractivity contribution < 1.29 is 5.11 Å². The Morgan fingerprint density at radius 3 is 2.47 bits per heavy atom. The highest BCUT2D eigenvalue weighted by molar-refractivity contribution is 7.99. The summed E-state index contributed by atoms with van der Waals surface area (Å²) in [6.45, 7) is 7.11. The van der Waals surface area contributed by atoms with Crippen molar-refractivity contribution in [2.75, 3.05) is 12.4 Å². The molecule has 2 N–H and O–H groups in total. The molecule has 1 saturated carbocycles. The second-order valence-electron chi connectivity index (χ2n) is 4.93. The molecule has 0 aliphatic heterocycles. The first-order valence-corrected chi connectivity index (χ1v) is 7.17. The minimum Gasteiger partial charge on any atom is -0.395 e. The van der Waals surface area contributed by atoms with Gasteiger partial charge in [0, 0.05) is 17.3 Å². The van der Waals surface area contributed by atoms with Crippen LogP contribution in [-0.2, 0) is 0 Å². The maximum absolute atomic E-state index is 9.21. The van der Waals surface area contributed by atoms with Gasteiger partial charge in [-0.05, 0) is 30.9 Å². The molecule has 1 aliphatic carbocycles. The highest BCUT2D eigenvalue weighted by Gasteiger charge is 2.24. The normalized spacial score (nSPS) is 20.6. The van der Waals surface area contributed by atoms with E-state index in [1.807, 2.05) is 11.8 Å². The lowest BCUT2D eigenvalue weighted by atomic mass is 10.2. The lowest BCUT2D eigenvalue weighted by Gasteiger charge is -2.18. The predicted octanol–water partition coefficient (Wildman–Crippen LogP) is 2.27. The Morgan fingerprint density at radius 1 is 1.33 bits per heavy atom. The predicted molar refractivity (Wildman–Crippen MR) is 68.4 cm³/mol. The summed E-state index contributed by atoms with van der Waals surface area (Å²) in [5.41, 5.74) is 0. The summed E-state index contributed by atoms with van der Waals surface area (Å²) in [5, 5.41) is 13.4. The van der Waals surface area contributed by atoms with E-state index >= 15 is 0 Å². The van der Waals surface area contributed by atoms with E-state index in [1.54, 1.807) is 0 Å². The highest BCUT2D eigenvalue weighted by Crippen LogP contribution is 2.22. The second-order valence-corrected chi connectivity index (χ2v) is 6.41. The number of rotatable bonds is 8. The Kier molecular flexibility index (Phi) is 6.02. The van der Waals surface area contributed by atoms with Gasteiger partial charge in [0.15, 0.2) is 0 Å². The van der Waals surface area contributed by atoms with Gasteiger partial charge in [0.2, 0.25) is 0 Å². The van der Waals surface area contributed by atoms with Crippen molar-refractivity contribution in [1.82, 2.24) is 5.32 Å². The fourth-order valence-electron chi connectivity index (χ4n) is 1.40. The Morgan fingerprint density at radius 2 is 2.00 bits per heavy atom. The van der Waals surface area contributed by atoms with Crippen molar-refractivity contribution in [1.29, 1.82) is 0 Å². The summed E-state index contributed by atoms with van der Waals surface area (Å²) in [7, 11) is 0. The largest absolute Gasteiger partial charge is 0.395 e. The van der Waals surface area contributed by atoms with Crippen LogP contribution in [0, 0.1) is 5.92 Å². The van der Waals surface area contributed by atoms with E-state index in [9.17, 15) is 5.11 Å². The topological polar surface area (TPSA) is 32.3 Å². The van der Waals surface area contributed by atoms with Crippen LogP contribution in [0.15, 0.2) is 0 Å². The van der Waals surface area contributed by atoms with Crippen LogP contribution in [0.4, 0.5) is 0 Å². The van der Waals surface area contributed by atoms with Crippen molar-refractivity contribution in [3.8, 4) is 0 Å². The van der Waals surface area contributed by atoms with Crippen LogP contribution in [0.5, 0.6) is 0 Å². The zero-order valence-electron chi connectivity index (χ0n) is 10.2. The van der Waals surface area contributed by atoms with Gasteiger partial charge in [-0.1, -0.05) is 20.8 Å². The number of thioether (sulfide) groups is 1. The highest BCUT2D eigenvalue weighted by atomic mass is 32.2. The van der Waals surface area contributed by atoms with E-state index in [-0.39, 0.29) is 6.61 Å². The fraction of sp³-hybridized carbons (Fsp3) is 1.00. The van der Waals surface area contributed by atoms with Gasteiger partial charge in [0.25, 0.3) is 0 Å². The summed E-state index contributed by atoms with van der Waals surface area (Å²) in [6, 6.07) is 1.03.